The van der Waals surface area contributed by atoms with E-state index >= 15 is 0 Å². The lowest BCUT2D eigenvalue weighted by Gasteiger charge is -1.93. The predicted octanol–water partition coefficient (Wildman–Crippen LogP) is 1.64. The molecule has 1 rings (SSSR count). The van der Waals surface area contributed by atoms with Crippen LogP contribution in [0.3, 0.4) is 0 Å². The van der Waals surface area contributed by atoms with E-state index in [2.05, 4.69) is 10.4 Å². The van der Waals surface area contributed by atoms with Gasteiger partial charge < -0.3 is 5.73 Å². The average Bonchev–Trinajstić information content (AvgIpc) is 2.37. The molecule has 0 aromatic carbocycles. The molecule has 0 atom stereocenters. The molecule has 1 heterocycles. The zero-order valence-electron chi connectivity index (χ0n) is 6.54. The summed E-state index contributed by atoms with van der Waals surface area (Å²) in [6.45, 7) is 2.79. The van der Waals surface area contributed by atoms with Crippen molar-refractivity contribution in [3.8, 4) is 0 Å². The Kier molecular flexibility index (Phi) is 3.90. The average molecular weight is 188 g/mol. The van der Waals surface area contributed by atoms with Crippen molar-refractivity contribution < 1.29 is 0 Å². The van der Waals surface area contributed by atoms with Crippen LogP contribution >= 0.6 is 23.1 Å². The molecule has 0 amide bonds. The summed E-state index contributed by atoms with van der Waals surface area (Å²) in [7, 11) is 0. The number of aromatic nitrogens is 1. The lowest BCUT2D eigenvalue weighted by Crippen LogP contribution is -2.01. The number of thioether (sulfide) groups is 1. The summed E-state index contributed by atoms with van der Waals surface area (Å²) in [4.78, 5) is 4.34. The Morgan fingerprint density at radius 1 is 1.73 bits per heavy atom. The predicted molar refractivity (Wildman–Crippen MR) is 52.1 cm³/mol. The molecule has 0 saturated heterocycles. The molecule has 0 saturated carbocycles. The van der Waals surface area contributed by atoms with Crippen LogP contribution in [0.15, 0.2) is 5.38 Å². The van der Waals surface area contributed by atoms with Crippen molar-refractivity contribution in [2.24, 2.45) is 5.73 Å². The monoisotopic (exact) mass is 188 g/mol. The second kappa shape index (κ2) is 4.74. The molecule has 0 aliphatic heterocycles. The van der Waals surface area contributed by atoms with Gasteiger partial charge in [0.1, 0.15) is 0 Å². The third kappa shape index (κ3) is 3.22. The second-order valence-electron chi connectivity index (χ2n) is 2.20. The van der Waals surface area contributed by atoms with Gasteiger partial charge in [0.2, 0.25) is 0 Å². The van der Waals surface area contributed by atoms with Crippen molar-refractivity contribution >= 4 is 23.1 Å². The molecule has 2 N–H and O–H groups in total. The molecule has 62 valence electrons. The van der Waals surface area contributed by atoms with Crippen LogP contribution in [0.5, 0.6) is 0 Å². The van der Waals surface area contributed by atoms with E-state index < -0.39 is 0 Å². The summed E-state index contributed by atoms with van der Waals surface area (Å²) in [5.74, 6) is 2.03. The van der Waals surface area contributed by atoms with E-state index in [9.17, 15) is 0 Å². The van der Waals surface area contributed by atoms with Crippen molar-refractivity contribution in [2.75, 3.05) is 12.3 Å². The first-order valence-corrected chi connectivity index (χ1v) is 5.55. The van der Waals surface area contributed by atoms with Gasteiger partial charge in [0.15, 0.2) is 0 Å². The number of hydrogen-bond donors (Lipinski definition) is 1. The van der Waals surface area contributed by atoms with Crippen molar-refractivity contribution in [2.45, 2.75) is 12.7 Å². The van der Waals surface area contributed by atoms with Crippen LogP contribution in [-0.4, -0.2) is 17.3 Å². The third-order valence-corrected chi connectivity index (χ3v) is 3.03. The maximum atomic E-state index is 5.36. The van der Waals surface area contributed by atoms with Gasteiger partial charge in [-0.05, 0) is 6.92 Å². The van der Waals surface area contributed by atoms with Crippen molar-refractivity contribution in [1.82, 2.24) is 4.98 Å². The zero-order chi connectivity index (χ0) is 8.10. The lowest BCUT2D eigenvalue weighted by atomic mass is 10.6. The number of thiazole rings is 1. The van der Waals surface area contributed by atoms with Crippen LogP contribution in [0.25, 0.3) is 0 Å². The molecular weight excluding hydrogens is 176 g/mol. The molecule has 11 heavy (non-hydrogen) atoms. The Labute approximate surface area is 75.2 Å². The van der Waals surface area contributed by atoms with Gasteiger partial charge in [-0.25, -0.2) is 4.98 Å². The normalized spacial score (nSPS) is 10.4. The standard InChI is InChI=1S/C7H12N2S2/c1-6-9-7(5-11-6)4-10-3-2-8/h5H,2-4,8H2,1H3. The van der Waals surface area contributed by atoms with Gasteiger partial charge in [0.05, 0.1) is 10.7 Å². The number of rotatable bonds is 4. The Balaban J connectivity index is 2.27. The van der Waals surface area contributed by atoms with E-state index in [-0.39, 0.29) is 0 Å². The number of nitrogens with two attached hydrogens (primary N) is 1. The fraction of sp³-hybridized carbons (Fsp3) is 0.571. The molecule has 0 bridgehead atoms. The van der Waals surface area contributed by atoms with Gasteiger partial charge in [0, 0.05) is 23.4 Å². The highest BCUT2D eigenvalue weighted by molar-refractivity contribution is 7.98. The summed E-state index contributed by atoms with van der Waals surface area (Å²) in [5, 5.41) is 3.26. The summed E-state index contributed by atoms with van der Waals surface area (Å²) in [6, 6.07) is 0. The molecule has 0 fully saturated rings. The lowest BCUT2D eigenvalue weighted by molar-refractivity contribution is 1.14. The van der Waals surface area contributed by atoms with E-state index in [1.54, 1.807) is 11.3 Å². The topological polar surface area (TPSA) is 38.9 Å². The minimum atomic E-state index is 0.758. The number of hydrogen-bond acceptors (Lipinski definition) is 4. The fourth-order valence-electron chi connectivity index (χ4n) is 0.735. The van der Waals surface area contributed by atoms with E-state index in [1.807, 2.05) is 18.7 Å². The molecule has 0 spiro atoms. The first-order chi connectivity index (χ1) is 5.33. The Hall–Kier alpha value is -0.0600. The Morgan fingerprint density at radius 3 is 3.09 bits per heavy atom. The smallest absolute Gasteiger partial charge is 0.0897 e. The van der Waals surface area contributed by atoms with Crippen LogP contribution in [0.4, 0.5) is 0 Å². The summed E-state index contributed by atoms with van der Waals surface area (Å²) in [5.41, 5.74) is 6.55. The molecule has 2 nitrogen and oxygen atoms in total. The largest absolute Gasteiger partial charge is 0.330 e. The summed E-state index contributed by atoms with van der Waals surface area (Å²) >= 11 is 3.55. The molecule has 1 aromatic heterocycles. The maximum absolute atomic E-state index is 5.36. The SMILES string of the molecule is Cc1nc(CSCCN)cs1. The first kappa shape index (κ1) is 9.03. The van der Waals surface area contributed by atoms with Crippen LogP contribution in [0, 0.1) is 6.92 Å². The van der Waals surface area contributed by atoms with Gasteiger partial charge >= 0.3 is 0 Å². The van der Waals surface area contributed by atoms with Gasteiger partial charge in [-0.1, -0.05) is 0 Å². The number of aryl methyl sites for hydroxylation is 1. The highest BCUT2D eigenvalue weighted by Gasteiger charge is 1.96. The quantitative estimate of drug-likeness (QED) is 0.730. The van der Waals surface area contributed by atoms with Crippen LogP contribution in [-0.2, 0) is 5.75 Å². The van der Waals surface area contributed by atoms with Gasteiger partial charge in [-0.2, -0.15) is 11.8 Å². The van der Waals surface area contributed by atoms with E-state index in [0.29, 0.717) is 0 Å². The van der Waals surface area contributed by atoms with Crippen LogP contribution < -0.4 is 5.73 Å². The maximum Gasteiger partial charge on any atom is 0.0897 e. The Morgan fingerprint density at radius 2 is 2.55 bits per heavy atom. The van der Waals surface area contributed by atoms with Gasteiger partial charge in [-0.15, -0.1) is 11.3 Å². The molecule has 4 heteroatoms. The van der Waals surface area contributed by atoms with E-state index in [0.717, 1.165) is 23.1 Å². The third-order valence-electron chi connectivity index (χ3n) is 1.18. The second-order valence-corrected chi connectivity index (χ2v) is 4.37. The molecule has 1 aromatic rings. The van der Waals surface area contributed by atoms with Crippen molar-refractivity contribution in [3.05, 3.63) is 16.1 Å². The highest BCUT2D eigenvalue weighted by atomic mass is 32.2. The minimum absolute atomic E-state index is 0.758. The first-order valence-electron chi connectivity index (χ1n) is 3.51. The molecule has 0 aliphatic carbocycles. The highest BCUT2D eigenvalue weighted by Crippen LogP contribution is 2.14. The molecule has 0 radical (unpaired) electrons. The molecule has 0 unspecified atom stereocenters. The van der Waals surface area contributed by atoms with Crippen molar-refractivity contribution in [3.63, 3.8) is 0 Å². The van der Waals surface area contributed by atoms with Gasteiger partial charge in [-0.3, -0.25) is 0 Å². The van der Waals surface area contributed by atoms with E-state index in [4.69, 9.17) is 5.73 Å². The van der Waals surface area contributed by atoms with Crippen LogP contribution in [0.1, 0.15) is 10.7 Å². The number of nitrogens with zero attached hydrogens (tertiary/aromatic N) is 1. The molecule has 0 aliphatic rings. The van der Waals surface area contributed by atoms with Gasteiger partial charge in [0.25, 0.3) is 0 Å². The van der Waals surface area contributed by atoms with Crippen molar-refractivity contribution in [1.29, 1.82) is 0 Å². The fourth-order valence-corrected chi connectivity index (χ4v) is 2.12. The van der Waals surface area contributed by atoms with E-state index in [1.165, 1.54) is 5.69 Å². The molecular formula is C7H12N2S2. The Bertz CT molecular complexity index is 210. The zero-order valence-corrected chi connectivity index (χ0v) is 8.17. The summed E-state index contributed by atoms with van der Waals surface area (Å²) in [6.07, 6.45) is 0. The minimum Gasteiger partial charge on any atom is -0.330 e. The summed E-state index contributed by atoms with van der Waals surface area (Å²) < 4.78 is 0. The van der Waals surface area contributed by atoms with Crippen LogP contribution in [0.2, 0.25) is 0 Å².